The third-order valence-electron chi connectivity index (χ3n) is 3.52. The van der Waals surface area contributed by atoms with Crippen LogP contribution in [0, 0.1) is 0 Å². The summed E-state index contributed by atoms with van der Waals surface area (Å²) in [5, 5.41) is 2.66. The van der Waals surface area contributed by atoms with Crippen LogP contribution in [0.3, 0.4) is 0 Å². The molecule has 0 bridgehead atoms. The summed E-state index contributed by atoms with van der Waals surface area (Å²) in [4.78, 5) is 28.2. The standard InChI is InChI=1S/C19H18N2O4S2/c1-24-14-6-4-5-13(11-14)20-17(22)12-25-18(23)9-10-26-19-21-15-7-2-3-8-16(15)27-19/h2-8,11H,9-10,12H2,1H3,(H,20,22). The first-order valence-electron chi connectivity index (χ1n) is 8.22. The summed E-state index contributed by atoms with van der Waals surface area (Å²) in [5.74, 6) is 0.382. The number of benzene rings is 2. The predicted octanol–water partition coefficient (Wildman–Crippen LogP) is 3.97. The monoisotopic (exact) mass is 402 g/mol. The number of hydrogen-bond acceptors (Lipinski definition) is 7. The van der Waals surface area contributed by atoms with Crippen LogP contribution in [0.2, 0.25) is 0 Å². The van der Waals surface area contributed by atoms with Crippen molar-refractivity contribution in [1.29, 1.82) is 0 Å². The van der Waals surface area contributed by atoms with E-state index in [-0.39, 0.29) is 13.0 Å². The van der Waals surface area contributed by atoms with Gasteiger partial charge in [0.15, 0.2) is 10.9 Å². The quantitative estimate of drug-likeness (QED) is 0.454. The molecule has 3 rings (SSSR count). The summed E-state index contributed by atoms with van der Waals surface area (Å²) in [6, 6.07) is 14.9. The highest BCUT2D eigenvalue weighted by molar-refractivity contribution is 8.01. The molecule has 1 amide bonds. The van der Waals surface area contributed by atoms with Crippen LogP contribution >= 0.6 is 23.1 Å². The van der Waals surface area contributed by atoms with Gasteiger partial charge in [0.25, 0.3) is 5.91 Å². The minimum Gasteiger partial charge on any atom is -0.497 e. The molecule has 0 saturated heterocycles. The smallest absolute Gasteiger partial charge is 0.307 e. The molecule has 0 aliphatic heterocycles. The third kappa shape index (κ3) is 5.70. The molecule has 1 aromatic heterocycles. The van der Waals surface area contributed by atoms with Gasteiger partial charge in [-0.1, -0.05) is 30.0 Å². The van der Waals surface area contributed by atoms with Crippen molar-refractivity contribution < 1.29 is 19.1 Å². The van der Waals surface area contributed by atoms with Gasteiger partial charge in [-0.2, -0.15) is 0 Å². The fourth-order valence-electron chi connectivity index (χ4n) is 2.25. The predicted molar refractivity (Wildman–Crippen MR) is 108 cm³/mol. The van der Waals surface area contributed by atoms with Crippen LogP contribution < -0.4 is 10.1 Å². The molecular formula is C19H18N2O4S2. The largest absolute Gasteiger partial charge is 0.497 e. The van der Waals surface area contributed by atoms with Crippen LogP contribution in [-0.4, -0.2) is 36.3 Å². The Hall–Kier alpha value is -2.58. The van der Waals surface area contributed by atoms with E-state index in [0.29, 0.717) is 17.2 Å². The van der Waals surface area contributed by atoms with Crippen LogP contribution in [-0.2, 0) is 14.3 Å². The second-order valence-corrected chi connectivity index (χ2v) is 7.86. The normalized spacial score (nSPS) is 10.6. The van der Waals surface area contributed by atoms with E-state index in [4.69, 9.17) is 9.47 Å². The van der Waals surface area contributed by atoms with Crippen LogP contribution in [0.15, 0.2) is 52.9 Å². The number of fused-ring (bicyclic) bond motifs is 1. The Bertz CT molecular complexity index is 909. The minimum atomic E-state index is -0.413. The first kappa shape index (κ1) is 19.2. The molecule has 1 heterocycles. The molecule has 0 fully saturated rings. The number of aromatic nitrogens is 1. The Morgan fingerprint density at radius 2 is 2.04 bits per heavy atom. The van der Waals surface area contributed by atoms with Crippen molar-refractivity contribution in [3.63, 3.8) is 0 Å². The van der Waals surface area contributed by atoms with Crippen molar-refractivity contribution >= 4 is 50.9 Å². The zero-order chi connectivity index (χ0) is 19.1. The summed E-state index contributed by atoms with van der Waals surface area (Å²) in [7, 11) is 1.55. The average molecular weight is 402 g/mol. The van der Waals surface area contributed by atoms with Crippen molar-refractivity contribution in [3.8, 4) is 5.75 Å². The molecule has 6 nitrogen and oxygen atoms in total. The van der Waals surface area contributed by atoms with E-state index in [2.05, 4.69) is 10.3 Å². The first-order valence-corrected chi connectivity index (χ1v) is 10.0. The van der Waals surface area contributed by atoms with Crippen LogP contribution in [0.25, 0.3) is 10.2 Å². The lowest BCUT2D eigenvalue weighted by atomic mass is 10.3. The van der Waals surface area contributed by atoms with E-state index >= 15 is 0 Å². The van der Waals surface area contributed by atoms with Crippen LogP contribution in [0.4, 0.5) is 5.69 Å². The number of nitrogens with one attached hydrogen (secondary N) is 1. The highest BCUT2D eigenvalue weighted by atomic mass is 32.2. The SMILES string of the molecule is COc1cccc(NC(=O)COC(=O)CCSc2nc3ccccc3s2)c1. The van der Waals surface area contributed by atoms with Gasteiger partial charge < -0.3 is 14.8 Å². The van der Waals surface area contributed by atoms with Crippen molar-refractivity contribution in [3.05, 3.63) is 48.5 Å². The molecule has 0 aliphatic rings. The Balaban J connectivity index is 1.38. The maximum Gasteiger partial charge on any atom is 0.307 e. The van der Waals surface area contributed by atoms with E-state index in [1.165, 1.54) is 11.8 Å². The van der Waals surface area contributed by atoms with Gasteiger partial charge in [-0.25, -0.2) is 4.98 Å². The lowest BCUT2D eigenvalue weighted by Crippen LogP contribution is -2.21. The summed E-state index contributed by atoms with van der Waals surface area (Å²) in [6.45, 7) is -0.318. The minimum absolute atomic E-state index is 0.215. The Kier molecular flexibility index (Phi) is 6.67. The Labute approximate surface area is 164 Å². The Morgan fingerprint density at radius 3 is 2.85 bits per heavy atom. The van der Waals surface area contributed by atoms with Gasteiger partial charge in [-0.05, 0) is 24.3 Å². The average Bonchev–Trinajstić information content (AvgIpc) is 3.09. The molecule has 0 aliphatic carbocycles. The highest BCUT2D eigenvalue weighted by Crippen LogP contribution is 2.29. The molecule has 0 atom stereocenters. The lowest BCUT2D eigenvalue weighted by Gasteiger charge is -2.07. The van der Waals surface area contributed by atoms with E-state index in [0.717, 1.165) is 14.6 Å². The number of thiazole rings is 1. The van der Waals surface area contributed by atoms with E-state index in [9.17, 15) is 9.59 Å². The molecular weight excluding hydrogens is 384 g/mol. The number of ether oxygens (including phenoxy) is 2. The van der Waals surface area contributed by atoms with Gasteiger partial charge in [0.1, 0.15) is 5.75 Å². The van der Waals surface area contributed by atoms with E-state index in [1.807, 2.05) is 24.3 Å². The second-order valence-electron chi connectivity index (χ2n) is 5.49. The number of carbonyl (C=O) groups is 2. The number of carbonyl (C=O) groups excluding carboxylic acids is 2. The van der Waals surface area contributed by atoms with Crippen molar-refractivity contribution in [2.75, 3.05) is 24.8 Å². The number of rotatable bonds is 8. The lowest BCUT2D eigenvalue weighted by molar-refractivity contribution is -0.146. The van der Waals surface area contributed by atoms with Gasteiger partial charge >= 0.3 is 5.97 Å². The summed E-state index contributed by atoms with van der Waals surface area (Å²) >= 11 is 3.10. The molecule has 1 N–H and O–H groups in total. The van der Waals surface area contributed by atoms with E-state index < -0.39 is 11.9 Å². The number of esters is 1. The molecule has 2 aromatic carbocycles. The molecule has 27 heavy (non-hydrogen) atoms. The van der Waals surface area contributed by atoms with Gasteiger partial charge in [0.05, 0.1) is 23.7 Å². The third-order valence-corrected chi connectivity index (χ3v) is 5.70. The number of methoxy groups -OCH3 is 1. The number of para-hydroxylation sites is 1. The Morgan fingerprint density at radius 1 is 1.19 bits per heavy atom. The maximum atomic E-state index is 11.9. The number of thioether (sulfide) groups is 1. The van der Waals surface area contributed by atoms with Gasteiger partial charge in [0.2, 0.25) is 0 Å². The molecule has 0 spiro atoms. The van der Waals surface area contributed by atoms with E-state index in [1.54, 1.807) is 42.7 Å². The number of amides is 1. The van der Waals surface area contributed by atoms with Crippen molar-refractivity contribution in [2.24, 2.45) is 0 Å². The zero-order valence-electron chi connectivity index (χ0n) is 14.6. The molecule has 0 unspecified atom stereocenters. The highest BCUT2D eigenvalue weighted by Gasteiger charge is 2.10. The summed E-state index contributed by atoms with van der Waals surface area (Å²) in [6.07, 6.45) is 0.215. The maximum absolute atomic E-state index is 11.9. The summed E-state index contributed by atoms with van der Waals surface area (Å²) < 4.78 is 12.1. The zero-order valence-corrected chi connectivity index (χ0v) is 16.3. The van der Waals surface area contributed by atoms with Crippen molar-refractivity contribution in [2.45, 2.75) is 10.8 Å². The fraction of sp³-hybridized carbons (Fsp3) is 0.211. The molecule has 140 valence electrons. The topological polar surface area (TPSA) is 77.5 Å². The number of anilines is 1. The summed E-state index contributed by atoms with van der Waals surface area (Å²) in [5.41, 5.74) is 1.54. The fourth-order valence-corrected chi connectivity index (χ4v) is 4.31. The van der Waals surface area contributed by atoms with Gasteiger partial charge in [-0.3, -0.25) is 9.59 Å². The number of nitrogens with zero attached hydrogens (tertiary/aromatic N) is 1. The second kappa shape index (κ2) is 9.38. The molecule has 3 aromatic rings. The molecule has 0 radical (unpaired) electrons. The van der Waals surface area contributed by atoms with Crippen LogP contribution in [0.1, 0.15) is 6.42 Å². The molecule has 8 heteroatoms. The molecule has 0 saturated carbocycles. The van der Waals surface area contributed by atoms with Gasteiger partial charge in [-0.15, -0.1) is 11.3 Å². The van der Waals surface area contributed by atoms with Gasteiger partial charge in [0, 0.05) is 17.5 Å². The first-order chi connectivity index (χ1) is 13.1. The number of hydrogen-bond donors (Lipinski definition) is 1. The van der Waals surface area contributed by atoms with Crippen molar-refractivity contribution in [1.82, 2.24) is 4.98 Å². The van der Waals surface area contributed by atoms with Crippen LogP contribution in [0.5, 0.6) is 5.75 Å².